The smallest absolute Gasteiger partial charge is 0.417 e. The van der Waals surface area contributed by atoms with Crippen LogP contribution in [0.4, 0.5) is 23.5 Å². The predicted octanol–water partition coefficient (Wildman–Crippen LogP) is 5.71. The van der Waals surface area contributed by atoms with E-state index in [1.54, 1.807) is 30.3 Å². The van der Waals surface area contributed by atoms with E-state index < -0.39 is 39.1 Å². The van der Waals surface area contributed by atoms with E-state index in [1.165, 1.54) is 18.2 Å². The first-order chi connectivity index (χ1) is 18.9. The van der Waals surface area contributed by atoms with Gasteiger partial charge < -0.3 is 9.84 Å². The highest BCUT2D eigenvalue weighted by Crippen LogP contribution is 2.43. The Kier molecular flexibility index (Phi) is 6.92. The fourth-order valence-corrected chi connectivity index (χ4v) is 5.57. The molecule has 0 aliphatic carbocycles. The summed E-state index contributed by atoms with van der Waals surface area (Å²) < 4.78 is 87.8. The zero-order valence-electron chi connectivity index (χ0n) is 20.3. The summed E-state index contributed by atoms with van der Waals surface area (Å²) in [6.45, 7) is 0.204. The molecule has 5 rings (SSSR count). The summed E-state index contributed by atoms with van der Waals surface area (Å²) in [4.78, 5) is 18.4. The summed E-state index contributed by atoms with van der Waals surface area (Å²) in [7, 11) is -4.15. The van der Waals surface area contributed by atoms with Crippen molar-refractivity contribution in [3.05, 3.63) is 101 Å². The first kappa shape index (κ1) is 27.1. The first-order valence-corrected chi connectivity index (χ1v) is 13.2. The van der Waals surface area contributed by atoms with Crippen LogP contribution < -0.4 is 9.46 Å². The molecule has 0 saturated heterocycles. The molecule has 0 amide bonds. The standard InChI is InChI=1S/C27H19F4N3O5S/c28-16-13-32-26(33-14-16)34-40(37,38)17-6-8-21-20(9-10-39-24(21)12-17)19-4-2-1-3-18(19)15-5-7-22(25(35)36)23(11-15)27(29,30)31/h1-8,11-14,20H,9-10H2,(H,35,36)(H,32,33,34). The molecule has 0 bridgehead atoms. The quantitative estimate of drug-likeness (QED) is 0.284. The summed E-state index contributed by atoms with van der Waals surface area (Å²) in [6.07, 6.45) is -2.79. The van der Waals surface area contributed by atoms with Crippen LogP contribution in [-0.2, 0) is 16.2 Å². The van der Waals surface area contributed by atoms with Crippen molar-refractivity contribution in [2.75, 3.05) is 11.3 Å². The van der Waals surface area contributed by atoms with Gasteiger partial charge in [-0.1, -0.05) is 36.4 Å². The van der Waals surface area contributed by atoms with Crippen LogP contribution in [0.2, 0.25) is 0 Å². The van der Waals surface area contributed by atoms with Crippen LogP contribution in [0.3, 0.4) is 0 Å². The van der Waals surface area contributed by atoms with Gasteiger partial charge in [0.15, 0.2) is 5.82 Å². The highest BCUT2D eigenvalue weighted by molar-refractivity contribution is 7.92. The molecular weight excluding hydrogens is 554 g/mol. The van der Waals surface area contributed by atoms with E-state index in [2.05, 4.69) is 14.7 Å². The molecule has 0 spiro atoms. The van der Waals surface area contributed by atoms with E-state index in [0.717, 1.165) is 24.5 Å². The second-order valence-electron chi connectivity index (χ2n) is 8.87. The maximum Gasteiger partial charge on any atom is 0.417 e. The fourth-order valence-electron chi connectivity index (χ4n) is 4.60. The highest BCUT2D eigenvalue weighted by Gasteiger charge is 2.36. The monoisotopic (exact) mass is 573 g/mol. The van der Waals surface area contributed by atoms with Crippen molar-refractivity contribution in [1.29, 1.82) is 0 Å². The van der Waals surface area contributed by atoms with Gasteiger partial charge in [0.1, 0.15) is 5.75 Å². The third-order valence-corrected chi connectivity index (χ3v) is 7.71. The number of rotatable bonds is 6. The Bertz CT molecular complexity index is 1710. The molecule has 1 aliphatic rings. The average molecular weight is 574 g/mol. The average Bonchev–Trinajstić information content (AvgIpc) is 2.92. The number of fused-ring (bicyclic) bond motifs is 1. The van der Waals surface area contributed by atoms with E-state index in [-0.39, 0.29) is 34.7 Å². The minimum absolute atomic E-state index is 0.160. The number of carboxylic acids is 1. The van der Waals surface area contributed by atoms with Gasteiger partial charge in [-0.2, -0.15) is 13.2 Å². The fraction of sp³-hybridized carbons (Fsp3) is 0.148. The van der Waals surface area contributed by atoms with Gasteiger partial charge in [-0.25, -0.2) is 32.3 Å². The SMILES string of the molecule is O=C(O)c1ccc(-c2ccccc2C2CCOc3cc(S(=O)(=O)Nc4ncc(F)cn4)ccc32)cc1C(F)(F)F. The molecule has 206 valence electrons. The Labute approximate surface area is 225 Å². The summed E-state index contributed by atoms with van der Waals surface area (Å²) in [5.74, 6) is -2.83. The summed E-state index contributed by atoms with van der Waals surface area (Å²) in [6, 6.07) is 14.1. The number of halogens is 4. The van der Waals surface area contributed by atoms with E-state index >= 15 is 0 Å². The van der Waals surface area contributed by atoms with Gasteiger partial charge in [0, 0.05) is 17.5 Å². The van der Waals surface area contributed by atoms with Crippen molar-refractivity contribution in [2.45, 2.75) is 23.4 Å². The third-order valence-electron chi connectivity index (χ3n) is 6.38. The van der Waals surface area contributed by atoms with E-state index in [0.29, 0.717) is 23.1 Å². The van der Waals surface area contributed by atoms with Gasteiger partial charge in [0.2, 0.25) is 5.95 Å². The van der Waals surface area contributed by atoms with Crippen molar-refractivity contribution in [1.82, 2.24) is 9.97 Å². The van der Waals surface area contributed by atoms with E-state index in [9.17, 15) is 35.9 Å². The molecular formula is C27H19F4N3O5S. The largest absolute Gasteiger partial charge is 0.493 e. The van der Waals surface area contributed by atoms with Gasteiger partial charge in [-0.15, -0.1) is 0 Å². The molecule has 1 aliphatic heterocycles. The Balaban J connectivity index is 1.53. The highest BCUT2D eigenvalue weighted by atomic mass is 32.2. The Morgan fingerprint density at radius 3 is 2.42 bits per heavy atom. The number of aromatic carboxylic acids is 1. The molecule has 2 N–H and O–H groups in total. The lowest BCUT2D eigenvalue weighted by atomic mass is 9.82. The van der Waals surface area contributed by atoms with Crippen LogP contribution in [0.25, 0.3) is 11.1 Å². The third kappa shape index (κ3) is 5.32. The number of anilines is 1. The van der Waals surface area contributed by atoms with Crippen LogP contribution >= 0.6 is 0 Å². The summed E-state index contributed by atoms with van der Waals surface area (Å²) in [5, 5.41) is 9.25. The Morgan fingerprint density at radius 1 is 1.00 bits per heavy atom. The van der Waals surface area contributed by atoms with Gasteiger partial charge in [-0.3, -0.25) is 0 Å². The molecule has 13 heteroatoms. The van der Waals surface area contributed by atoms with Crippen molar-refractivity contribution >= 4 is 21.9 Å². The number of benzene rings is 3. The van der Waals surface area contributed by atoms with Gasteiger partial charge in [0.05, 0.1) is 35.0 Å². The molecule has 2 heterocycles. The molecule has 1 unspecified atom stereocenters. The number of nitrogens with zero attached hydrogens (tertiary/aromatic N) is 2. The zero-order chi connectivity index (χ0) is 28.7. The van der Waals surface area contributed by atoms with Crippen LogP contribution in [0.1, 0.15) is 39.4 Å². The maximum atomic E-state index is 13.7. The second kappa shape index (κ2) is 10.2. The molecule has 0 saturated carbocycles. The van der Waals surface area contributed by atoms with Gasteiger partial charge >= 0.3 is 12.1 Å². The number of aromatic nitrogens is 2. The molecule has 8 nitrogen and oxygen atoms in total. The van der Waals surface area contributed by atoms with Crippen molar-refractivity contribution in [3.8, 4) is 16.9 Å². The number of carbonyl (C=O) groups is 1. The lowest BCUT2D eigenvalue weighted by molar-refractivity contribution is -0.138. The molecule has 1 atom stereocenters. The van der Waals surface area contributed by atoms with Crippen LogP contribution in [0.5, 0.6) is 5.75 Å². The molecule has 0 fully saturated rings. The zero-order valence-corrected chi connectivity index (χ0v) is 21.1. The van der Waals surface area contributed by atoms with Crippen LogP contribution in [0.15, 0.2) is 78.0 Å². The lowest BCUT2D eigenvalue weighted by Gasteiger charge is -2.28. The number of carboxylic acid groups (broad SMARTS) is 1. The van der Waals surface area contributed by atoms with Crippen LogP contribution in [-0.4, -0.2) is 36.1 Å². The lowest BCUT2D eigenvalue weighted by Crippen LogP contribution is -2.19. The Hall–Kier alpha value is -4.52. The number of hydrogen-bond acceptors (Lipinski definition) is 6. The number of alkyl halides is 3. The summed E-state index contributed by atoms with van der Waals surface area (Å²) >= 11 is 0. The maximum absolute atomic E-state index is 13.7. The first-order valence-electron chi connectivity index (χ1n) is 11.7. The predicted molar refractivity (Wildman–Crippen MR) is 135 cm³/mol. The molecule has 0 radical (unpaired) electrons. The van der Waals surface area contributed by atoms with E-state index in [1.807, 2.05) is 0 Å². The molecule has 1 aromatic heterocycles. The van der Waals surface area contributed by atoms with Crippen molar-refractivity contribution in [3.63, 3.8) is 0 Å². The minimum Gasteiger partial charge on any atom is -0.493 e. The Morgan fingerprint density at radius 2 is 1.73 bits per heavy atom. The minimum atomic E-state index is -4.88. The number of hydrogen-bond donors (Lipinski definition) is 2. The molecule has 3 aromatic carbocycles. The van der Waals surface area contributed by atoms with Crippen molar-refractivity contribution in [2.24, 2.45) is 0 Å². The second-order valence-corrected chi connectivity index (χ2v) is 10.6. The van der Waals surface area contributed by atoms with Gasteiger partial charge in [0.25, 0.3) is 10.0 Å². The van der Waals surface area contributed by atoms with Crippen LogP contribution in [0, 0.1) is 5.82 Å². The van der Waals surface area contributed by atoms with Gasteiger partial charge in [-0.05, 0) is 41.3 Å². The number of sulfonamides is 1. The molecule has 4 aromatic rings. The summed E-state index contributed by atoms with van der Waals surface area (Å²) in [5.41, 5.74) is -0.172. The molecule has 40 heavy (non-hydrogen) atoms. The van der Waals surface area contributed by atoms with Crippen molar-refractivity contribution < 1.29 is 40.6 Å². The number of nitrogens with one attached hydrogen (secondary N) is 1. The topological polar surface area (TPSA) is 118 Å². The number of ether oxygens (including phenoxy) is 1. The normalized spacial score (nSPS) is 15.2. The van der Waals surface area contributed by atoms with E-state index in [4.69, 9.17) is 4.74 Å².